The Labute approximate surface area is 160 Å². The minimum absolute atomic E-state index is 0.0437. The summed E-state index contributed by atoms with van der Waals surface area (Å²) in [5.41, 5.74) is 2.14. The van der Waals surface area contributed by atoms with Gasteiger partial charge >= 0.3 is 0 Å². The number of aromatic nitrogens is 3. The van der Waals surface area contributed by atoms with Crippen LogP contribution in [-0.2, 0) is 17.9 Å². The molecule has 4 rings (SSSR count). The summed E-state index contributed by atoms with van der Waals surface area (Å²) in [4.78, 5) is 29.3. The number of hydrogen-bond donors (Lipinski definition) is 2. The van der Waals surface area contributed by atoms with Crippen molar-refractivity contribution in [3.05, 3.63) is 64.1 Å². The van der Waals surface area contributed by atoms with E-state index >= 15 is 0 Å². The highest BCUT2D eigenvalue weighted by atomic mass is 32.1. The number of carbonyl (C=O) groups excluding carboxylic acids is 2. The van der Waals surface area contributed by atoms with E-state index in [0.717, 1.165) is 28.8 Å². The lowest BCUT2D eigenvalue weighted by Crippen LogP contribution is -2.27. The van der Waals surface area contributed by atoms with Gasteiger partial charge in [0.2, 0.25) is 11.9 Å². The Morgan fingerprint density at radius 1 is 1.19 bits per heavy atom. The van der Waals surface area contributed by atoms with Crippen molar-refractivity contribution in [1.29, 1.82) is 0 Å². The van der Waals surface area contributed by atoms with Crippen LogP contribution in [0.1, 0.15) is 39.6 Å². The van der Waals surface area contributed by atoms with Gasteiger partial charge in [0, 0.05) is 6.54 Å². The lowest BCUT2D eigenvalue weighted by Gasteiger charge is -2.05. The molecule has 1 aliphatic carbocycles. The van der Waals surface area contributed by atoms with E-state index in [9.17, 15) is 9.59 Å². The van der Waals surface area contributed by atoms with Gasteiger partial charge in [0.25, 0.3) is 5.91 Å². The standard InChI is InChI=1S/C19H19N5O2S/c25-16(20-10-13-4-2-1-3-5-13)11-24-12-21-19(23-24)22-18(26)17-15(8-9-27-17)14-6-7-14/h1-5,8-9,12,14H,6-7,10-11H2,(H,20,25)(H,22,23,26). The quantitative estimate of drug-likeness (QED) is 0.659. The fraction of sp³-hybridized carbons (Fsp3) is 0.263. The largest absolute Gasteiger partial charge is 0.350 e. The van der Waals surface area contributed by atoms with E-state index in [1.807, 2.05) is 41.8 Å². The van der Waals surface area contributed by atoms with Gasteiger partial charge in [-0.1, -0.05) is 30.3 Å². The first-order valence-corrected chi connectivity index (χ1v) is 9.66. The van der Waals surface area contributed by atoms with Crippen molar-refractivity contribution in [3.63, 3.8) is 0 Å². The molecular formula is C19H19N5O2S. The third kappa shape index (κ3) is 4.40. The highest BCUT2D eigenvalue weighted by Gasteiger charge is 2.29. The molecule has 1 aromatic carbocycles. The number of anilines is 1. The second-order valence-electron chi connectivity index (χ2n) is 6.46. The molecule has 0 bridgehead atoms. The van der Waals surface area contributed by atoms with Crippen molar-refractivity contribution in [3.8, 4) is 0 Å². The third-order valence-electron chi connectivity index (χ3n) is 4.32. The average Bonchev–Trinajstić information content (AvgIpc) is 3.23. The monoisotopic (exact) mass is 381 g/mol. The maximum Gasteiger partial charge on any atom is 0.268 e. The molecular weight excluding hydrogens is 362 g/mol. The number of hydrogen-bond acceptors (Lipinski definition) is 5. The summed E-state index contributed by atoms with van der Waals surface area (Å²) in [6.45, 7) is 0.502. The fourth-order valence-electron chi connectivity index (χ4n) is 2.81. The van der Waals surface area contributed by atoms with E-state index < -0.39 is 0 Å². The van der Waals surface area contributed by atoms with Crippen molar-refractivity contribution in [1.82, 2.24) is 20.1 Å². The van der Waals surface area contributed by atoms with E-state index in [2.05, 4.69) is 20.7 Å². The Bertz CT molecular complexity index is 946. The predicted octanol–water partition coefficient (Wildman–Crippen LogP) is 2.79. The molecule has 0 saturated heterocycles. The van der Waals surface area contributed by atoms with Crippen LogP contribution in [-0.4, -0.2) is 26.6 Å². The molecule has 0 spiro atoms. The van der Waals surface area contributed by atoms with Gasteiger partial charge in [-0.3, -0.25) is 14.9 Å². The van der Waals surface area contributed by atoms with Crippen molar-refractivity contribution in [2.75, 3.05) is 5.32 Å². The predicted molar refractivity (Wildman–Crippen MR) is 103 cm³/mol. The maximum absolute atomic E-state index is 12.4. The van der Waals surface area contributed by atoms with Crippen molar-refractivity contribution >= 4 is 29.1 Å². The van der Waals surface area contributed by atoms with Crippen molar-refractivity contribution < 1.29 is 9.59 Å². The summed E-state index contributed by atoms with van der Waals surface area (Å²) >= 11 is 1.43. The highest BCUT2D eigenvalue weighted by Crippen LogP contribution is 2.43. The Hall–Kier alpha value is -3.00. The number of benzene rings is 1. The first-order valence-electron chi connectivity index (χ1n) is 8.78. The average molecular weight is 381 g/mol. The molecule has 0 aliphatic heterocycles. The maximum atomic E-state index is 12.4. The van der Waals surface area contributed by atoms with Crippen LogP contribution < -0.4 is 10.6 Å². The SMILES string of the molecule is O=C(Cn1cnc(NC(=O)c2sccc2C2CC2)n1)NCc1ccccc1. The zero-order valence-corrected chi connectivity index (χ0v) is 15.4. The van der Waals surface area contributed by atoms with Crippen LogP contribution in [0.3, 0.4) is 0 Å². The van der Waals surface area contributed by atoms with Crippen LogP contribution in [0, 0.1) is 0 Å². The molecule has 0 atom stereocenters. The highest BCUT2D eigenvalue weighted by molar-refractivity contribution is 7.12. The molecule has 2 aromatic heterocycles. The molecule has 27 heavy (non-hydrogen) atoms. The zero-order chi connectivity index (χ0) is 18.6. The molecule has 1 saturated carbocycles. The Morgan fingerprint density at radius 2 is 2.00 bits per heavy atom. The van der Waals surface area contributed by atoms with E-state index in [0.29, 0.717) is 12.5 Å². The molecule has 3 aromatic rings. The number of nitrogens with one attached hydrogen (secondary N) is 2. The second-order valence-corrected chi connectivity index (χ2v) is 7.38. The van der Waals surface area contributed by atoms with E-state index in [1.54, 1.807) is 0 Å². The van der Waals surface area contributed by atoms with Crippen molar-refractivity contribution in [2.24, 2.45) is 0 Å². The summed E-state index contributed by atoms with van der Waals surface area (Å²) in [7, 11) is 0. The van der Waals surface area contributed by atoms with Gasteiger partial charge in [0.05, 0.1) is 4.88 Å². The first-order chi connectivity index (χ1) is 13.2. The number of rotatable bonds is 7. The summed E-state index contributed by atoms with van der Waals surface area (Å²) in [6.07, 6.45) is 3.72. The zero-order valence-electron chi connectivity index (χ0n) is 14.6. The molecule has 1 fully saturated rings. The van der Waals surface area contributed by atoms with Gasteiger partial charge < -0.3 is 5.32 Å². The molecule has 7 nitrogen and oxygen atoms in total. The molecule has 2 N–H and O–H groups in total. The fourth-order valence-corrected chi connectivity index (χ4v) is 3.69. The molecule has 2 heterocycles. The second kappa shape index (κ2) is 7.71. The van der Waals surface area contributed by atoms with Gasteiger partial charge in [-0.25, -0.2) is 9.67 Å². The van der Waals surface area contributed by atoms with Crippen LogP contribution in [0.15, 0.2) is 48.1 Å². The number of amides is 2. The minimum Gasteiger partial charge on any atom is -0.350 e. The van der Waals surface area contributed by atoms with Gasteiger partial charge in [-0.2, -0.15) is 0 Å². The van der Waals surface area contributed by atoms with Gasteiger partial charge in [0.15, 0.2) is 0 Å². The lowest BCUT2D eigenvalue weighted by molar-refractivity contribution is -0.122. The molecule has 0 radical (unpaired) electrons. The Balaban J connectivity index is 1.31. The normalized spacial score (nSPS) is 13.3. The number of carbonyl (C=O) groups is 2. The minimum atomic E-state index is -0.196. The summed E-state index contributed by atoms with van der Waals surface area (Å²) in [5.74, 6) is 0.343. The Kier molecular flexibility index (Phi) is 4.97. The Morgan fingerprint density at radius 3 is 2.78 bits per heavy atom. The summed E-state index contributed by atoms with van der Waals surface area (Å²) in [6, 6.07) is 11.7. The van der Waals surface area contributed by atoms with Gasteiger partial charge in [-0.05, 0) is 41.3 Å². The third-order valence-corrected chi connectivity index (χ3v) is 5.25. The van der Waals surface area contributed by atoms with E-state index in [-0.39, 0.29) is 24.3 Å². The molecule has 0 unspecified atom stereocenters. The molecule has 8 heteroatoms. The lowest BCUT2D eigenvalue weighted by atomic mass is 10.1. The van der Waals surface area contributed by atoms with E-state index in [4.69, 9.17) is 0 Å². The molecule has 2 amide bonds. The van der Waals surface area contributed by atoms with Gasteiger partial charge in [0.1, 0.15) is 12.9 Å². The van der Waals surface area contributed by atoms with Gasteiger partial charge in [-0.15, -0.1) is 16.4 Å². The van der Waals surface area contributed by atoms with Crippen LogP contribution in [0.25, 0.3) is 0 Å². The number of nitrogens with zero attached hydrogens (tertiary/aromatic N) is 3. The topological polar surface area (TPSA) is 88.9 Å². The van der Waals surface area contributed by atoms with Crippen LogP contribution >= 0.6 is 11.3 Å². The van der Waals surface area contributed by atoms with Crippen molar-refractivity contribution in [2.45, 2.75) is 31.8 Å². The first kappa shape index (κ1) is 17.4. The number of thiophene rings is 1. The summed E-state index contributed by atoms with van der Waals surface area (Å²) in [5, 5.41) is 11.6. The van der Waals surface area contributed by atoms with Crippen LogP contribution in [0.4, 0.5) is 5.95 Å². The van der Waals surface area contributed by atoms with Crippen LogP contribution in [0.2, 0.25) is 0 Å². The van der Waals surface area contributed by atoms with E-state index in [1.165, 1.54) is 22.3 Å². The molecule has 138 valence electrons. The summed E-state index contributed by atoms with van der Waals surface area (Å²) < 4.78 is 1.41. The smallest absolute Gasteiger partial charge is 0.268 e. The molecule has 1 aliphatic rings. The van der Waals surface area contributed by atoms with Crippen LogP contribution in [0.5, 0.6) is 0 Å².